The zero-order chi connectivity index (χ0) is 43.6. The second-order valence-electron chi connectivity index (χ2n) is 13.6. The Morgan fingerprint density at radius 2 is 1.44 bits per heavy atom. The number of esters is 1. The number of carbonyl (C=O) groups is 5. The Bertz CT molecular complexity index is 2250. The average Bonchev–Trinajstić information content (AvgIpc) is 3.36. The van der Waals surface area contributed by atoms with Crippen LogP contribution in [0.4, 0.5) is 0 Å². The molecule has 6 rings (SSSR count). The zero-order valence-corrected chi connectivity index (χ0v) is 35.0. The highest BCUT2D eigenvalue weighted by Crippen LogP contribution is 2.44. The highest BCUT2D eigenvalue weighted by atomic mass is 32.2. The fraction of sp³-hybridized carbons (Fsp3) is 0.279. The quantitative estimate of drug-likeness (QED) is 0.0382. The third kappa shape index (κ3) is 11.4. The lowest BCUT2D eigenvalue weighted by Gasteiger charge is -2.38. The van der Waals surface area contributed by atoms with Gasteiger partial charge in [0.25, 0.3) is 0 Å². The molecule has 0 saturated carbocycles. The van der Waals surface area contributed by atoms with E-state index in [1.807, 2.05) is 23.5 Å². The van der Waals surface area contributed by atoms with Crippen molar-refractivity contribution in [1.82, 2.24) is 9.80 Å². The number of ether oxygens (including phenoxy) is 2. The van der Waals surface area contributed by atoms with E-state index < -0.39 is 35.4 Å². The number of carboxylic acids is 3. The average molecular weight is 847 g/mol. The van der Waals surface area contributed by atoms with Gasteiger partial charge in [-0.3, -0.25) is 9.69 Å². The van der Waals surface area contributed by atoms with Gasteiger partial charge in [-0.25, -0.2) is 19.2 Å². The molecule has 2 heterocycles. The van der Waals surface area contributed by atoms with Crippen LogP contribution in [0.25, 0.3) is 0 Å². The molecule has 1 atom stereocenters. The van der Waals surface area contributed by atoms with E-state index in [1.165, 1.54) is 78.9 Å². The van der Waals surface area contributed by atoms with Gasteiger partial charge in [0.2, 0.25) is 0 Å². The number of carboxylic acid groups (broad SMARTS) is 3. The molecule has 0 bridgehead atoms. The van der Waals surface area contributed by atoms with Gasteiger partial charge in [-0.2, -0.15) is 0 Å². The summed E-state index contributed by atoms with van der Waals surface area (Å²) in [6.45, 7) is 9.02. The molecule has 59 heavy (non-hydrogen) atoms. The largest absolute Gasteiger partial charge is 0.507 e. The maximum absolute atomic E-state index is 12.6. The number of hydrogen-bond donors (Lipinski definition) is 5. The number of aromatic hydroxyl groups is 2. The third-order valence-electron chi connectivity index (χ3n) is 9.69. The summed E-state index contributed by atoms with van der Waals surface area (Å²) in [5, 5.41) is 45.1. The van der Waals surface area contributed by atoms with Crippen LogP contribution in [0, 0.1) is 20.8 Å². The van der Waals surface area contributed by atoms with E-state index in [0.29, 0.717) is 30.0 Å². The number of aromatic carboxylic acids is 1. The molecular weight excluding hydrogens is 801 g/mol. The number of phenolic OH excluding ortho intramolecular Hbond substituents is 1. The van der Waals surface area contributed by atoms with Crippen molar-refractivity contribution in [1.29, 1.82) is 0 Å². The number of rotatable bonds is 9. The van der Waals surface area contributed by atoms with Crippen molar-refractivity contribution in [3.63, 3.8) is 0 Å². The van der Waals surface area contributed by atoms with Gasteiger partial charge in [-0.1, -0.05) is 30.0 Å². The number of benzene rings is 4. The summed E-state index contributed by atoms with van der Waals surface area (Å²) in [4.78, 5) is 63.7. The molecule has 5 N–H and O–H groups in total. The van der Waals surface area contributed by atoms with Crippen LogP contribution >= 0.6 is 23.5 Å². The maximum atomic E-state index is 12.6. The standard InChI is InChI=1S/C20H24N2S2.C19H18O8.C4H4O4/c1-21-9-11-22(12-10-21)18-13-15-5-3-4-6-19(15)24-20-8-7-16(23-2)14-17(18)20;1-8-5-13(26-4)11(7-20)17(22)14(8)19(25)27-12-6-9(2)16(21)15(10(12)3)18(23)24;5-3(6)1-2-4(7)8/h3-8,14,18H,9-13H2,1-2H3;5-7,21-22H,1-4H3,(H,23,24);1-2H,(H,5,6)(H,7,8). The fourth-order valence-electron chi connectivity index (χ4n) is 6.53. The zero-order valence-electron chi connectivity index (χ0n) is 33.3. The molecule has 1 saturated heterocycles. The van der Waals surface area contributed by atoms with Gasteiger partial charge < -0.3 is 39.9 Å². The minimum atomic E-state index is -1.38. The lowest BCUT2D eigenvalue weighted by molar-refractivity contribution is -0.134. The van der Waals surface area contributed by atoms with Crippen LogP contribution in [0.5, 0.6) is 23.0 Å². The first kappa shape index (κ1) is 45.9. The van der Waals surface area contributed by atoms with Crippen molar-refractivity contribution in [2.45, 2.75) is 47.9 Å². The van der Waals surface area contributed by atoms with E-state index in [1.54, 1.807) is 0 Å². The Morgan fingerprint density at radius 1 is 0.814 bits per heavy atom. The predicted molar refractivity (Wildman–Crippen MR) is 223 cm³/mol. The fourth-order valence-corrected chi connectivity index (χ4v) is 8.10. The van der Waals surface area contributed by atoms with Crippen LogP contribution < -0.4 is 9.47 Å². The van der Waals surface area contributed by atoms with Crippen LogP contribution in [-0.2, 0) is 16.0 Å². The number of methoxy groups -OCH3 is 1. The summed E-state index contributed by atoms with van der Waals surface area (Å²) < 4.78 is 10.3. The Hall–Kier alpha value is -5.81. The van der Waals surface area contributed by atoms with Crippen LogP contribution in [0.2, 0.25) is 0 Å². The molecular formula is C43H46N2O12S2. The molecule has 4 aromatic rings. The van der Waals surface area contributed by atoms with Crippen molar-refractivity contribution in [2.24, 2.45) is 0 Å². The number of aldehydes is 1. The smallest absolute Gasteiger partial charge is 0.347 e. The number of hydrogen-bond acceptors (Lipinski definition) is 13. The molecule has 0 radical (unpaired) electrons. The van der Waals surface area contributed by atoms with Gasteiger partial charge in [-0.15, -0.1) is 11.8 Å². The molecule has 312 valence electrons. The highest BCUT2D eigenvalue weighted by Gasteiger charge is 2.30. The number of thioether (sulfide) groups is 1. The predicted octanol–water partition coefficient (Wildman–Crippen LogP) is 6.88. The first-order valence-corrected chi connectivity index (χ1v) is 20.2. The second kappa shape index (κ2) is 20.7. The number of carbonyl (C=O) groups excluding carboxylic acids is 2. The van der Waals surface area contributed by atoms with Gasteiger partial charge in [-0.05, 0) is 99.1 Å². The summed E-state index contributed by atoms with van der Waals surface area (Å²) in [5.74, 6) is -5.89. The number of aryl methyl sites for hydroxylation is 2. The Morgan fingerprint density at radius 3 is 2.02 bits per heavy atom. The topological polar surface area (TPSA) is 211 Å². The molecule has 14 nitrogen and oxygen atoms in total. The molecule has 4 aromatic carbocycles. The number of phenols is 2. The third-order valence-corrected chi connectivity index (χ3v) is 11.6. The molecule has 0 aromatic heterocycles. The van der Waals surface area contributed by atoms with E-state index in [9.17, 15) is 39.3 Å². The van der Waals surface area contributed by atoms with Crippen molar-refractivity contribution >= 4 is 53.7 Å². The first-order chi connectivity index (χ1) is 28.0. The molecule has 0 aliphatic carbocycles. The Kier molecular flexibility index (Phi) is 16.1. The molecule has 2 aliphatic heterocycles. The number of nitrogens with zero attached hydrogens (tertiary/aromatic N) is 2. The normalized spacial score (nSPS) is 14.9. The van der Waals surface area contributed by atoms with Gasteiger partial charge in [0.15, 0.2) is 6.29 Å². The Labute approximate surface area is 350 Å². The van der Waals surface area contributed by atoms with Crippen molar-refractivity contribution in [3.05, 3.63) is 111 Å². The summed E-state index contributed by atoms with van der Waals surface area (Å²) in [6.07, 6.45) is 4.76. The minimum Gasteiger partial charge on any atom is -0.507 e. The summed E-state index contributed by atoms with van der Waals surface area (Å²) in [7, 11) is 3.55. The molecule has 16 heteroatoms. The summed E-state index contributed by atoms with van der Waals surface area (Å²) in [5.41, 5.74) is 2.71. The van der Waals surface area contributed by atoms with E-state index in [-0.39, 0.29) is 39.3 Å². The SMILES string of the molecule is COc1cc(C)c(C(=O)Oc2cc(C)c(O)c(C(=O)O)c2C)c(O)c1C=O.CSc1ccc2c(c1)C(N1CCN(C)CC1)Cc1ccccc1S2.O=C(O)C=CC(=O)O. The number of aliphatic carboxylic acids is 2. The lowest BCUT2D eigenvalue weighted by atomic mass is 9.96. The summed E-state index contributed by atoms with van der Waals surface area (Å²) in [6, 6.07) is 19.2. The van der Waals surface area contributed by atoms with Gasteiger partial charge in [0, 0.05) is 64.6 Å². The van der Waals surface area contributed by atoms with Gasteiger partial charge in [0.05, 0.1) is 12.7 Å². The minimum absolute atomic E-state index is 0.0419. The van der Waals surface area contributed by atoms with Gasteiger partial charge in [0.1, 0.15) is 34.1 Å². The maximum Gasteiger partial charge on any atom is 0.347 e. The highest BCUT2D eigenvalue weighted by molar-refractivity contribution is 7.99. The second-order valence-corrected chi connectivity index (χ2v) is 15.5. The van der Waals surface area contributed by atoms with E-state index in [4.69, 9.17) is 19.7 Å². The number of fused-ring (bicyclic) bond motifs is 2. The number of piperazine rings is 1. The van der Waals surface area contributed by atoms with Crippen LogP contribution in [0.1, 0.15) is 64.9 Å². The van der Waals surface area contributed by atoms with E-state index in [2.05, 4.69) is 65.6 Å². The molecule has 1 unspecified atom stereocenters. The Balaban J connectivity index is 0.000000221. The van der Waals surface area contributed by atoms with Crippen molar-refractivity contribution < 1.29 is 59.0 Å². The molecule has 0 amide bonds. The molecule has 1 fully saturated rings. The van der Waals surface area contributed by atoms with Crippen molar-refractivity contribution in [3.8, 4) is 23.0 Å². The van der Waals surface area contributed by atoms with Crippen LogP contribution in [0.3, 0.4) is 0 Å². The van der Waals surface area contributed by atoms with Gasteiger partial charge >= 0.3 is 23.9 Å². The molecule has 2 aliphatic rings. The molecule has 0 spiro atoms. The van der Waals surface area contributed by atoms with Crippen LogP contribution in [-0.4, -0.2) is 112 Å². The monoisotopic (exact) mass is 846 g/mol. The van der Waals surface area contributed by atoms with Crippen molar-refractivity contribution in [2.75, 3.05) is 46.6 Å². The first-order valence-electron chi connectivity index (χ1n) is 18.2. The number of likely N-dealkylation sites (N-methyl/N-ethyl adjacent to an activating group) is 1. The lowest BCUT2D eigenvalue weighted by Crippen LogP contribution is -2.46. The van der Waals surface area contributed by atoms with Crippen LogP contribution in [0.15, 0.2) is 81.4 Å². The van der Waals surface area contributed by atoms with E-state index in [0.717, 1.165) is 19.5 Å². The van der Waals surface area contributed by atoms with E-state index >= 15 is 0 Å². The summed E-state index contributed by atoms with van der Waals surface area (Å²) >= 11 is 3.79.